The van der Waals surface area contributed by atoms with Gasteiger partial charge < -0.3 is 9.69 Å². The van der Waals surface area contributed by atoms with E-state index in [1.54, 1.807) is 11.8 Å². The Balaban J connectivity index is 1.92. The van der Waals surface area contributed by atoms with E-state index < -0.39 is 0 Å². The van der Waals surface area contributed by atoms with Gasteiger partial charge in [0, 0.05) is 35.7 Å². The van der Waals surface area contributed by atoms with E-state index in [9.17, 15) is 4.79 Å². The second-order valence-corrected chi connectivity index (χ2v) is 7.71. The fourth-order valence-corrected chi connectivity index (χ4v) is 3.72. The highest BCUT2D eigenvalue weighted by molar-refractivity contribution is 7.98. The van der Waals surface area contributed by atoms with Crippen molar-refractivity contribution < 1.29 is 4.79 Å². The molecule has 138 valence electrons. The molecule has 0 radical (unpaired) electrons. The summed E-state index contributed by atoms with van der Waals surface area (Å²) in [6.07, 6.45) is 10.2. The number of nitrogens with zero attached hydrogens (tertiary/aromatic N) is 3. The van der Waals surface area contributed by atoms with Crippen LogP contribution in [0.2, 0.25) is 0 Å². The first-order valence-electron chi connectivity index (χ1n) is 9.45. The second-order valence-electron chi connectivity index (χ2n) is 6.83. The molecule has 1 saturated heterocycles. The van der Waals surface area contributed by atoms with Crippen molar-refractivity contribution in [2.45, 2.75) is 43.9 Å². The minimum atomic E-state index is 0.187. The molecule has 0 bridgehead atoms. The third kappa shape index (κ3) is 4.44. The molecule has 0 spiro atoms. The Kier molecular flexibility index (Phi) is 6.67. The van der Waals surface area contributed by atoms with Crippen molar-refractivity contribution in [3.05, 3.63) is 36.2 Å². The highest BCUT2D eigenvalue weighted by Crippen LogP contribution is 2.31. The molecule has 1 aromatic carbocycles. The lowest BCUT2D eigenvalue weighted by Gasteiger charge is -2.32. The van der Waals surface area contributed by atoms with Crippen LogP contribution in [-0.4, -0.2) is 35.6 Å². The van der Waals surface area contributed by atoms with E-state index in [2.05, 4.69) is 42.3 Å². The Morgan fingerprint density at radius 2 is 1.96 bits per heavy atom. The number of aryl methyl sites for hydroxylation is 1. The van der Waals surface area contributed by atoms with Gasteiger partial charge >= 0.3 is 0 Å². The zero-order chi connectivity index (χ0) is 18.4. The number of carbonyl (C=O) groups excluding carboxylic acids is 1. The van der Waals surface area contributed by atoms with Crippen LogP contribution in [0.5, 0.6) is 0 Å². The van der Waals surface area contributed by atoms with Crippen molar-refractivity contribution >= 4 is 23.9 Å². The first kappa shape index (κ1) is 18.9. The molecule has 2 heterocycles. The van der Waals surface area contributed by atoms with Crippen LogP contribution in [-0.2, 0) is 11.2 Å². The van der Waals surface area contributed by atoms with Gasteiger partial charge in [0.1, 0.15) is 12.0 Å². The Labute approximate surface area is 160 Å². The smallest absolute Gasteiger partial charge is 0.155 e. The molecule has 0 amide bonds. The van der Waals surface area contributed by atoms with E-state index >= 15 is 0 Å². The van der Waals surface area contributed by atoms with Crippen molar-refractivity contribution in [2.75, 3.05) is 24.2 Å². The molecule has 0 N–H and O–H groups in total. The molecule has 2 aromatic rings. The minimum Gasteiger partial charge on any atom is -0.355 e. The Morgan fingerprint density at radius 1 is 1.23 bits per heavy atom. The van der Waals surface area contributed by atoms with Crippen molar-refractivity contribution in [3.8, 4) is 11.3 Å². The second kappa shape index (κ2) is 9.17. The quantitative estimate of drug-likeness (QED) is 0.526. The van der Waals surface area contributed by atoms with Gasteiger partial charge in [0.2, 0.25) is 0 Å². The molecular formula is C21H27N3OS. The normalized spacial score (nSPS) is 15.2. The summed E-state index contributed by atoms with van der Waals surface area (Å²) >= 11 is 1.74. The molecule has 0 atom stereocenters. The maximum absolute atomic E-state index is 11.1. The molecule has 0 aliphatic carbocycles. The van der Waals surface area contributed by atoms with Gasteiger partial charge in [0.15, 0.2) is 5.82 Å². The standard InChI is InChI=1S/C21H27N3OS/c1-3-4-5-18-14-22-20(17-6-8-19(26-2)9-7-17)21(23-18)24-12-10-16(15-25)11-13-24/h6-9,14-16H,3-5,10-13H2,1-2H3. The van der Waals surface area contributed by atoms with Gasteiger partial charge in [-0.05, 0) is 44.1 Å². The van der Waals surface area contributed by atoms with Crippen molar-refractivity contribution in [1.29, 1.82) is 0 Å². The molecule has 1 aliphatic heterocycles. The van der Waals surface area contributed by atoms with Crippen LogP contribution >= 0.6 is 11.8 Å². The zero-order valence-corrected chi connectivity index (χ0v) is 16.5. The Hall–Kier alpha value is -1.88. The highest BCUT2D eigenvalue weighted by atomic mass is 32.2. The fourth-order valence-electron chi connectivity index (χ4n) is 3.31. The monoisotopic (exact) mass is 369 g/mol. The first-order chi connectivity index (χ1) is 12.7. The number of aldehydes is 1. The molecule has 1 fully saturated rings. The summed E-state index contributed by atoms with van der Waals surface area (Å²) in [4.78, 5) is 24.4. The predicted octanol–water partition coefficient (Wildman–Crippen LogP) is 4.62. The molecule has 1 aromatic heterocycles. The minimum absolute atomic E-state index is 0.187. The SMILES string of the molecule is CCCCc1cnc(-c2ccc(SC)cc2)c(N2CCC(C=O)CC2)n1. The maximum atomic E-state index is 11.1. The summed E-state index contributed by atoms with van der Waals surface area (Å²) < 4.78 is 0. The van der Waals surface area contributed by atoms with E-state index in [-0.39, 0.29) is 5.92 Å². The number of benzene rings is 1. The number of thioether (sulfide) groups is 1. The van der Waals surface area contributed by atoms with Crippen molar-refractivity contribution in [3.63, 3.8) is 0 Å². The van der Waals surface area contributed by atoms with Gasteiger partial charge in [0.05, 0.1) is 5.69 Å². The summed E-state index contributed by atoms with van der Waals surface area (Å²) in [5, 5.41) is 0. The zero-order valence-electron chi connectivity index (χ0n) is 15.6. The summed E-state index contributed by atoms with van der Waals surface area (Å²) in [7, 11) is 0. The van der Waals surface area contributed by atoms with Crippen LogP contribution in [0.4, 0.5) is 5.82 Å². The summed E-state index contributed by atoms with van der Waals surface area (Å²) in [5.74, 6) is 1.16. The van der Waals surface area contributed by atoms with Gasteiger partial charge in [-0.1, -0.05) is 25.5 Å². The van der Waals surface area contributed by atoms with Crippen LogP contribution in [0.1, 0.15) is 38.3 Å². The average molecular weight is 370 g/mol. The lowest BCUT2D eigenvalue weighted by molar-refractivity contribution is -0.111. The van der Waals surface area contributed by atoms with Gasteiger partial charge in [-0.2, -0.15) is 0 Å². The third-order valence-electron chi connectivity index (χ3n) is 4.99. The summed E-state index contributed by atoms with van der Waals surface area (Å²) in [6.45, 7) is 3.93. The van der Waals surface area contributed by atoms with E-state index in [1.807, 2.05) is 6.20 Å². The number of piperidine rings is 1. The number of aromatic nitrogens is 2. The molecule has 26 heavy (non-hydrogen) atoms. The van der Waals surface area contributed by atoms with E-state index in [0.29, 0.717) is 0 Å². The largest absolute Gasteiger partial charge is 0.355 e. The van der Waals surface area contributed by atoms with Crippen LogP contribution in [0.3, 0.4) is 0 Å². The Bertz CT molecular complexity index is 725. The van der Waals surface area contributed by atoms with Gasteiger partial charge in [-0.3, -0.25) is 4.98 Å². The van der Waals surface area contributed by atoms with Gasteiger partial charge in [-0.15, -0.1) is 11.8 Å². The topological polar surface area (TPSA) is 46.1 Å². The van der Waals surface area contributed by atoms with Crippen molar-refractivity contribution in [1.82, 2.24) is 9.97 Å². The number of anilines is 1. The van der Waals surface area contributed by atoms with Gasteiger partial charge in [-0.25, -0.2) is 4.98 Å². The highest BCUT2D eigenvalue weighted by Gasteiger charge is 2.23. The number of hydrogen-bond acceptors (Lipinski definition) is 5. The summed E-state index contributed by atoms with van der Waals surface area (Å²) in [5.41, 5.74) is 3.11. The third-order valence-corrected chi connectivity index (χ3v) is 5.73. The van der Waals surface area contributed by atoms with E-state index in [1.165, 1.54) is 4.90 Å². The maximum Gasteiger partial charge on any atom is 0.155 e. The van der Waals surface area contributed by atoms with E-state index in [0.717, 1.165) is 74.2 Å². The van der Waals surface area contributed by atoms with Crippen LogP contribution < -0.4 is 4.90 Å². The van der Waals surface area contributed by atoms with Crippen LogP contribution in [0, 0.1) is 5.92 Å². The predicted molar refractivity (Wildman–Crippen MR) is 109 cm³/mol. The first-order valence-corrected chi connectivity index (χ1v) is 10.7. The van der Waals surface area contributed by atoms with Crippen LogP contribution in [0.15, 0.2) is 35.4 Å². The van der Waals surface area contributed by atoms with E-state index in [4.69, 9.17) is 9.97 Å². The lowest BCUT2D eigenvalue weighted by Crippen LogP contribution is -2.35. The molecule has 0 saturated carbocycles. The van der Waals surface area contributed by atoms with Crippen molar-refractivity contribution in [2.24, 2.45) is 5.92 Å². The molecule has 5 heteroatoms. The Morgan fingerprint density at radius 3 is 2.58 bits per heavy atom. The summed E-state index contributed by atoms with van der Waals surface area (Å²) in [6, 6.07) is 8.52. The number of carbonyl (C=O) groups is 1. The van der Waals surface area contributed by atoms with Crippen LogP contribution in [0.25, 0.3) is 11.3 Å². The number of hydrogen-bond donors (Lipinski definition) is 0. The lowest BCUT2D eigenvalue weighted by atomic mass is 9.98. The number of rotatable bonds is 7. The molecule has 0 unspecified atom stereocenters. The molecule has 3 rings (SSSR count). The average Bonchev–Trinajstić information content (AvgIpc) is 2.72. The molecular weight excluding hydrogens is 342 g/mol. The number of unbranched alkanes of at least 4 members (excludes halogenated alkanes) is 1. The fraction of sp³-hybridized carbons (Fsp3) is 0.476. The molecule has 4 nitrogen and oxygen atoms in total. The van der Waals surface area contributed by atoms with Gasteiger partial charge in [0.25, 0.3) is 0 Å². The molecule has 1 aliphatic rings.